The van der Waals surface area contributed by atoms with Crippen LogP contribution in [0.15, 0.2) is 12.7 Å². The number of nitrogens with one attached hydrogen (secondary N) is 1. The first-order valence-electron chi connectivity index (χ1n) is 8.40. The van der Waals surface area contributed by atoms with Crippen LogP contribution in [0.2, 0.25) is 0 Å². The lowest BCUT2D eigenvalue weighted by atomic mass is 10.1. The highest BCUT2D eigenvalue weighted by atomic mass is 31.0. The average molecular weight is 299 g/mol. The van der Waals surface area contributed by atoms with Crippen LogP contribution in [0.1, 0.15) is 84.0 Å². The zero-order valence-electron chi connectivity index (χ0n) is 13.3. The molecular weight excluding hydrogens is 265 g/mol. The summed E-state index contributed by atoms with van der Waals surface area (Å²) in [6.45, 7) is 2.29. The van der Waals surface area contributed by atoms with Crippen LogP contribution in [-0.4, -0.2) is 21.3 Å². The molecule has 1 heterocycles. The van der Waals surface area contributed by atoms with Crippen molar-refractivity contribution in [2.75, 3.05) is 6.16 Å². The molecule has 0 fully saturated rings. The molecule has 0 spiro atoms. The minimum absolute atomic E-state index is 1.29. The molecule has 1 N–H and O–H groups in total. The third kappa shape index (κ3) is 17.6. The summed E-state index contributed by atoms with van der Waals surface area (Å²) in [5, 5.41) is 5.99. The van der Waals surface area contributed by atoms with E-state index in [0.717, 1.165) is 0 Å². The largest absolute Gasteiger partial charge is 0.266 e. The van der Waals surface area contributed by atoms with Crippen molar-refractivity contribution in [2.45, 2.75) is 84.0 Å². The van der Waals surface area contributed by atoms with Gasteiger partial charge in [-0.15, -0.1) is 9.24 Å². The summed E-state index contributed by atoms with van der Waals surface area (Å²) < 4.78 is 0. The van der Waals surface area contributed by atoms with Gasteiger partial charge in [0.25, 0.3) is 0 Å². The van der Waals surface area contributed by atoms with E-state index in [1.54, 1.807) is 0 Å². The second-order valence-electron chi connectivity index (χ2n) is 5.33. The van der Waals surface area contributed by atoms with Gasteiger partial charge in [-0.05, 0) is 12.6 Å². The molecule has 1 aromatic heterocycles. The maximum atomic E-state index is 3.56. The van der Waals surface area contributed by atoms with Crippen LogP contribution in [0.5, 0.6) is 0 Å². The zero-order chi connectivity index (χ0) is 14.7. The van der Waals surface area contributed by atoms with Gasteiger partial charge in [-0.2, -0.15) is 5.10 Å². The maximum Gasteiger partial charge on any atom is 0.137 e. The lowest BCUT2D eigenvalue weighted by molar-refractivity contribution is 0.548. The Bertz CT molecular complexity index is 211. The Balaban J connectivity index is 0.000000595. The van der Waals surface area contributed by atoms with Gasteiger partial charge < -0.3 is 0 Å². The van der Waals surface area contributed by atoms with Gasteiger partial charge in [0.2, 0.25) is 0 Å². The highest BCUT2D eigenvalue weighted by Crippen LogP contribution is 2.11. The molecule has 1 aromatic rings. The fourth-order valence-electron chi connectivity index (χ4n) is 2.15. The van der Waals surface area contributed by atoms with Gasteiger partial charge in [0, 0.05) is 0 Å². The Morgan fingerprint density at radius 1 is 0.800 bits per heavy atom. The Morgan fingerprint density at radius 2 is 1.30 bits per heavy atom. The standard InChI is InChI=1S/C14H31P.C2H3N3/c1-2-3-4-5-6-7-8-9-10-11-12-13-14-15;1-3-2-5-4-1/h2-15H2,1H3;1-2H,(H,3,4,5). The monoisotopic (exact) mass is 299 g/mol. The van der Waals surface area contributed by atoms with E-state index in [-0.39, 0.29) is 0 Å². The number of hydrogen-bond acceptors (Lipinski definition) is 2. The number of H-pyrrole nitrogens is 1. The Morgan fingerprint density at radius 3 is 1.60 bits per heavy atom. The summed E-state index contributed by atoms with van der Waals surface area (Å²) in [5.74, 6) is 0. The third-order valence-electron chi connectivity index (χ3n) is 3.39. The van der Waals surface area contributed by atoms with Gasteiger partial charge in [-0.3, -0.25) is 5.10 Å². The van der Waals surface area contributed by atoms with Gasteiger partial charge in [0.1, 0.15) is 12.7 Å². The number of hydrogen-bond donors (Lipinski definition) is 1. The molecule has 0 aliphatic rings. The number of rotatable bonds is 12. The van der Waals surface area contributed by atoms with E-state index >= 15 is 0 Å². The molecule has 0 aliphatic heterocycles. The molecule has 1 unspecified atom stereocenters. The number of aromatic amines is 1. The van der Waals surface area contributed by atoms with E-state index in [0.29, 0.717) is 0 Å². The zero-order valence-corrected chi connectivity index (χ0v) is 14.5. The van der Waals surface area contributed by atoms with Gasteiger partial charge in [-0.25, -0.2) is 4.98 Å². The molecule has 0 bridgehead atoms. The van der Waals surface area contributed by atoms with Gasteiger partial charge in [0.05, 0.1) is 0 Å². The highest BCUT2D eigenvalue weighted by molar-refractivity contribution is 7.16. The molecule has 118 valence electrons. The van der Waals surface area contributed by atoms with Crippen molar-refractivity contribution in [3.05, 3.63) is 12.7 Å². The van der Waals surface area contributed by atoms with Crippen molar-refractivity contribution in [1.82, 2.24) is 15.2 Å². The molecule has 1 atom stereocenters. The van der Waals surface area contributed by atoms with E-state index in [9.17, 15) is 0 Å². The molecule has 1 rings (SSSR count). The van der Waals surface area contributed by atoms with Gasteiger partial charge in [-0.1, -0.05) is 77.6 Å². The van der Waals surface area contributed by atoms with E-state index in [1.165, 1.54) is 95.9 Å². The normalized spacial score (nSPS) is 10.1. The second kappa shape index (κ2) is 18.6. The number of unbranched alkanes of at least 4 members (excludes halogenated alkanes) is 11. The third-order valence-corrected chi connectivity index (χ3v) is 3.80. The molecule has 4 heteroatoms. The summed E-state index contributed by atoms with van der Waals surface area (Å²) in [6.07, 6.45) is 21.7. The summed E-state index contributed by atoms with van der Waals surface area (Å²) in [6, 6.07) is 0. The van der Waals surface area contributed by atoms with E-state index in [1.807, 2.05) is 0 Å². The summed E-state index contributed by atoms with van der Waals surface area (Å²) in [5.41, 5.74) is 0. The first kappa shape index (κ1) is 19.6. The van der Waals surface area contributed by atoms with Crippen molar-refractivity contribution in [3.63, 3.8) is 0 Å². The van der Waals surface area contributed by atoms with Gasteiger partial charge >= 0.3 is 0 Å². The summed E-state index contributed by atoms with van der Waals surface area (Å²) >= 11 is 0. The fourth-order valence-corrected chi connectivity index (χ4v) is 2.44. The van der Waals surface area contributed by atoms with Crippen LogP contribution in [0.4, 0.5) is 0 Å². The minimum Gasteiger partial charge on any atom is -0.266 e. The quantitative estimate of drug-likeness (QED) is 0.416. The predicted molar refractivity (Wildman–Crippen MR) is 92.0 cm³/mol. The minimum atomic E-state index is 1.29. The predicted octanol–water partition coefficient (Wildman–Crippen LogP) is 5.37. The van der Waals surface area contributed by atoms with E-state index in [2.05, 4.69) is 31.3 Å². The molecule has 0 saturated carbocycles. The molecule has 0 aromatic carbocycles. The lowest BCUT2D eigenvalue weighted by Gasteiger charge is -2.01. The van der Waals surface area contributed by atoms with Gasteiger partial charge in [0.15, 0.2) is 0 Å². The molecule has 0 aliphatic carbocycles. The Kier molecular flexibility index (Phi) is 18.2. The van der Waals surface area contributed by atoms with Crippen molar-refractivity contribution in [1.29, 1.82) is 0 Å². The summed E-state index contributed by atoms with van der Waals surface area (Å²) in [7, 11) is 2.81. The fraction of sp³-hybridized carbons (Fsp3) is 0.875. The molecule has 0 saturated heterocycles. The topological polar surface area (TPSA) is 41.6 Å². The van der Waals surface area contributed by atoms with Crippen LogP contribution < -0.4 is 0 Å². The lowest BCUT2D eigenvalue weighted by Crippen LogP contribution is -1.82. The van der Waals surface area contributed by atoms with Crippen molar-refractivity contribution >= 4 is 9.24 Å². The van der Waals surface area contributed by atoms with Crippen molar-refractivity contribution in [3.8, 4) is 0 Å². The Labute approximate surface area is 127 Å². The SMILES string of the molecule is CCCCCCCCCCCCCCP.c1nc[nH]n1. The summed E-state index contributed by atoms with van der Waals surface area (Å²) in [4.78, 5) is 3.56. The number of nitrogens with zero attached hydrogens (tertiary/aromatic N) is 2. The highest BCUT2D eigenvalue weighted by Gasteiger charge is 1.92. The van der Waals surface area contributed by atoms with Crippen LogP contribution in [-0.2, 0) is 0 Å². The molecular formula is C16H34N3P. The van der Waals surface area contributed by atoms with Crippen molar-refractivity contribution < 1.29 is 0 Å². The molecule has 20 heavy (non-hydrogen) atoms. The average Bonchev–Trinajstić information content (AvgIpc) is 3.04. The first-order valence-corrected chi connectivity index (χ1v) is 9.22. The first-order chi connectivity index (χ1) is 9.91. The molecule has 3 nitrogen and oxygen atoms in total. The van der Waals surface area contributed by atoms with Crippen LogP contribution >= 0.6 is 9.24 Å². The number of aromatic nitrogens is 3. The maximum absolute atomic E-state index is 3.56. The van der Waals surface area contributed by atoms with Crippen LogP contribution in [0, 0.1) is 0 Å². The Hall–Kier alpha value is -0.430. The van der Waals surface area contributed by atoms with Crippen LogP contribution in [0.3, 0.4) is 0 Å². The molecule has 0 amide bonds. The molecule has 0 radical (unpaired) electrons. The van der Waals surface area contributed by atoms with E-state index < -0.39 is 0 Å². The van der Waals surface area contributed by atoms with Crippen molar-refractivity contribution in [2.24, 2.45) is 0 Å². The second-order valence-corrected chi connectivity index (χ2v) is 5.91. The van der Waals surface area contributed by atoms with Crippen LogP contribution in [0.25, 0.3) is 0 Å². The smallest absolute Gasteiger partial charge is 0.137 e. The van der Waals surface area contributed by atoms with E-state index in [4.69, 9.17) is 0 Å².